The molecule has 0 bridgehead atoms. The second kappa shape index (κ2) is 6.77. The van der Waals surface area contributed by atoms with Crippen molar-refractivity contribution in [2.24, 2.45) is 5.73 Å². The van der Waals surface area contributed by atoms with Crippen molar-refractivity contribution >= 4 is 5.91 Å². The molecule has 106 valence electrons. The molecule has 0 saturated carbocycles. The summed E-state index contributed by atoms with van der Waals surface area (Å²) in [5.74, 6) is 2.00. The second-order valence-electron chi connectivity index (χ2n) is 4.43. The van der Waals surface area contributed by atoms with Crippen LogP contribution in [0.15, 0.2) is 40.8 Å². The smallest absolute Gasteiger partial charge is 0.258 e. The van der Waals surface area contributed by atoms with Crippen molar-refractivity contribution in [2.45, 2.75) is 20.0 Å². The monoisotopic (exact) mass is 274 g/mol. The Bertz CT molecular complexity index is 561. The van der Waals surface area contributed by atoms with Crippen LogP contribution in [-0.4, -0.2) is 12.5 Å². The zero-order valence-electron chi connectivity index (χ0n) is 11.4. The first-order valence-electron chi connectivity index (χ1n) is 6.41. The lowest BCUT2D eigenvalue weighted by atomic mass is 10.2. The van der Waals surface area contributed by atoms with Gasteiger partial charge in [-0.05, 0) is 36.8 Å². The first kappa shape index (κ1) is 14.1. The summed E-state index contributed by atoms with van der Waals surface area (Å²) in [7, 11) is 0. The summed E-state index contributed by atoms with van der Waals surface area (Å²) in [6.45, 7) is 2.69. The number of benzene rings is 1. The highest BCUT2D eigenvalue weighted by Gasteiger charge is 2.04. The number of nitrogens with two attached hydrogens (primary N) is 1. The number of rotatable bonds is 6. The Kier molecular flexibility index (Phi) is 4.79. The summed E-state index contributed by atoms with van der Waals surface area (Å²) >= 11 is 0. The molecule has 0 unspecified atom stereocenters. The fourth-order valence-corrected chi connectivity index (χ4v) is 1.69. The van der Waals surface area contributed by atoms with Gasteiger partial charge in [-0.2, -0.15) is 0 Å². The maximum atomic E-state index is 11.6. The average molecular weight is 274 g/mol. The number of nitrogens with one attached hydrogen (secondary N) is 1. The molecule has 0 radical (unpaired) electrons. The van der Waals surface area contributed by atoms with Gasteiger partial charge in [0.1, 0.15) is 17.3 Å². The Morgan fingerprint density at radius 3 is 2.60 bits per heavy atom. The summed E-state index contributed by atoms with van der Waals surface area (Å²) in [6.07, 6.45) is 0. The van der Waals surface area contributed by atoms with Gasteiger partial charge in [0.2, 0.25) is 0 Å². The molecule has 5 heteroatoms. The molecule has 5 nitrogen and oxygen atoms in total. The van der Waals surface area contributed by atoms with Crippen LogP contribution in [0.1, 0.15) is 17.1 Å². The lowest BCUT2D eigenvalue weighted by molar-refractivity contribution is -0.123. The topological polar surface area (TPSA) is 77.5 Å². The highest BCUT2D eigenvalue weighted by molar-refractivity contribution is 5.77. The van der Waals surface area contributed by atoms with Gasteiger partial charge in [0.15, 0.2) is 6.61 Å². The van der Waals surface area contributed by atoms with E-state index < -0.39 is 0 Å². The minimum absolute atomic E-state index is 0.0261. The molecule has 1 heterocycles. The fourth-order valence-electron chi connectivity index (χ4n) is 1.69. The van der Waals surface area contributed by atoms with Gasteiger partial charge < -0.3 is 20.2 Å². The van der Waals surface area contributed by atoms with Crippen LogP contribution in [0.25, 0.3) is 0 Å². The van der Waals surface area contributed by atoms with Crippen LogP contribution in [0, 0.1) is 6.92 Å². The highest BCUT2D eigenvalue weighted by Crippen LogP contribution is 2.11. The van der Waals surface area contributed by atoms with Crippen molar-refractivity contribution in [3.05, 3.63) is 53.5 Å². The molecule has 0 atom stereocenters. The van der Waals surface area contributed by atoms with Gasteiger partial charge in [-0.3, -0.25) is 4.79 Å². The van der Waals surface area contributed by atoms with Crippen molar-refractivity contribution in [2.75, 3.05) is 6.61 Å². The van der Waals surface area contributed by atoms with Crippen LogP contribution in [0.5, 0.6) is 5.75 Å². The molecule has 1 amide bonds. The number of aryl methyl sites for hydroxylation is 1. The second-order valence-corrected chi connectivity index (χ2v) is 4.43. The van der Waals surface area contributed by atoms with Crippen molar-refractivity contribution < 1.29 is 13.9 Å². The highest BCUT2D eigenvalue weighted by atomic mass is 16.5. The largest absolute Gasteiger partial charge is 0.484 e. The van der Waals surface area contributed by atoms with Crippen molar-refractivity contribution in [1.82, 2.24) is 5.32 Å². The molecule has 2 rings (SSSR count). The first-order valence-corrected chi connectivity index (χ1v) is 6.41. The van der Waals surface area contributed by atoms with E-state index in [4.69, 9.17) is 14.9 Å². The molecule has 0 aliphatic carbocycles. The number of furan rings is 1. The van der Waals surface area contributed by atoms with Gasteiger partial charge in [-0.15, -0.1) is 0 Å². The van der Waals surface area contributed by atoms with Crippen molar-refractivity contribution in [1.29, 1.82) is 0 Å². The zero-order chi connectivity index (χ0) is 14.4. The maximum Gasteiger partial charge on any atom is 0.258 e. The van der Waals surface area contributed by atoms with Crippen LogP contribution in [0.3, 0.4) is 0 Å². The van der Waals surface area contributed by atoms with Gasteiger partial charge in [0, 0.05) is 6.54 Å². The summed E-state index contributed by atoms with van der Waals surface area (Å²) in [4.78, 5) is 11.6. The molecule has 3 N–H and O–H groups in total. The van der Waals surface area contributed by atoms with Gasteiger partial charge in [0.25, 0.3) is 5.91 Å². The van der Waals surface area contributed by atoms with Crippen molar-refractivity contribution in [3.8, 4) is 5.75 Å². The van der Waals surface area contributed by atoms with Crippen LogP contribution < -0.4 is 15.8 Å². The molecule has 1 aromatic carbocycles. The van der Waals surface area contributed by atoms with Gasteiger partial charge in [0.05, 0.1) is 6.54 Å². The Morgan fingerprint density at radius 2 is 2.00 bits per heavy atom. The molecule has 20 heavy (non-hydrogen) atoms. The van der Waals surface area contributed by atoms with E-state index in [0.29, 0.717) is 18.8 Å². The predicted molar refractivity (Wildman–Crippen MR) is 75.1 cm³/mol. The summed E-state index contributed by atoms with van der Waals surface area (Å²) in [5.41, 5.74) is 6.53. The quantitative estimate of drug-likeness (QED) is 0.841. The lowest BCUT2D eigenvalue weighted by Gasteiger charge is -2.07. The number of amides is 1. The normalized spacial score (nSPS) is 10.3. The Labute approximate surface area is 117 Å². The summed E-state index contributed by atoms with van der Waals surface area (Å²) in [5, 5.41) is 2.73. The molecule has 0 fully saturated rings. The number of hydrogen-bond acceptors (Lipinski definition) is 4. The zero-order valence-corrected chi connectivity index (χ0v) is 11.4. The molecule has 0 spiro atoms. The minimum Gasteiger partial charge on any atom is -0.484 e. The third-order valence-electron chi connectivity index (χ3n) is 2.78. The third-order valence-corrected chi connectivity index (χ3v) is 2.78. The van der Waals surface area contributed by atoms with E-state index in [-0.39, 0.29) is 12.5 Å². The first-order chi connectivity index (χ1) is 9.67. The predicted octanol–water partition coefficient (Wildman–Crippen LogP) is 1.74. The Morgan fingerprint density at radius 1 is 1.25 bits per heavy atom. The van der Waals surface area contributed by atoms with Gasteiger partial charge in [-0.1, -0.05) is 12.1 Å². The fraction of sp³-hybridized carbons (Fsp3) is 0.267. The van der Waals surface area contributed by atoms with E-state index in [1.165, 1.54) is 0 Å². The van der Waals surface area contributed by atoms with Crippen LogP contribution in [-0.2, 0) is 17.9 Å². The van der Waals surface area contributed by atoms with Gasteiger partial charge in [-0.25, -0.2) is 0 Å². The van der Waals surface area contributed by atoms with E-state index in [1.54, 1.807) is 12.1 Å². The van der Waals surface area contributed by atoms with E-state index in [0.717, 1.165) is 17.1 Å². The summed E-state index contributed by atoms with van der Waals surface area (Å²) in [6, 6.07) is 11.0. The number of hydrogen-bond donors (Lipinski definition) is 2. The van der Waals surface area contributed by atoms with Crippen LogP contribution in [0.4, 0.5) is 0 Å². The standard InChI is InChI=1S/C15H18N2O3/c1-11-2-5-14(20-11)9-17-15(18)10-19-13-6-3-12(8-16)4-7-13/h2-7H,8-10,16H2,1H3,(H,17,18). The van der Waals surface area contributed by atoms with Crippen molar-refractivity contribution in [3.63, 3.8) is 0 Å². The van der Waals surface area contributed by atoms with Crippen LogP contribution in [0.2, 0.25) is 0 Å². The number of ether oxygens (including phenoxy) is 1. The summed E-state index contributed by atoms with van der Waals surface area (Å²) < 4.78 is 10.7. The van der Waals surface area contributed by atoms with E-state index in [9.17, 15) is 4.79 Å². The molecule has 1 aromatic heterocycles. The van der Waals surface area contributed by atoms with E-state index in [1.807, 2.05) is 31.2 Å². The maximum absolute atomic E-state index is 11.6. The number of carbonyl (C=O) groups is 1. The van der Waals surface area contributed by atoms with E-state index in [2.05, 4.69) is 5.32 Å². The molecule has 0 saturated heterocycles. The molecule has 0 aliphatic rings. The van der Waals surface area contributed by atoms with E-state index >= 15 is 0 Å². The Balaban J connectivity index is 1.74. The van der Waals surface area contributed by atoms with Gasteiger partial charge >= 0.3 is 0 Å². The average Bonchev–Trinajstić information content (AvgIpc) is 2.89. The Hall–Kier alpha value is -2.27. The molecular formula is C15H18N2O3. The minimum atomic E-state index is -0.193. The molecule has 2 aromatic rings. The lowest BCUT2D eigenvalue weighted by Crippen LogP contribution is -2.28. The SMILES string of the molecule is Cc1ccc(CNC(=O)COc2ccc(CN)cc2)o1. The van der Waals surface area contributed by atoms with Crippen LogP contribution >= 0.6 is 0 Å². The molecule has 0 aliphatic heterocycles. The third kappa shape index (κ3) is 4.13. The number of carbonyl (C=O) groups excluding carboxylic acids is 1. The molecular weight excluding hydrogens is 256 g/mol.